The first-order valence-corrected chi connectivity index (χ1v) is 11.6. The number of anilines is 1. The van der Waals surface area contributed by atoms with Crippen molar-refractivity contribution < 1.29 is 23.5 Å². The maximum atomic E-state index is 13.4. The second kappa shape index (κ2) is 10.3. The number of aliphatic imine (C=N–C) groups is 1. The predicted molar refractivity (Wildman–Crippen MR) is 134 cm³/mol. The van der Waals surface area contributed by atoms with E-state index >= 15 is 0 Å². The number of carbonyl (C=O) groups is 2. The summed E-state index contributed by atoms with van der Waals surface area (Å²) in [5.41, 5.74) is 2.77. The van der Waals surface area contributed by atoms with Gasteiger partial charge in [-0.05, 0) is 97.6 Å². The average molecular weight is 588 g/mol. The minimum absolute atomic E-state index is 0.146. The van der Waals surface area contributed by atoms with Gasteiger partial charge in [0.1, 0.15) is 18.2 Å². The minimum atomic E-state index is -0.570. The van der Waals surface area contributed by atoms with E-state index in [9.17, 15) is 14.0 Å². The van der Waals surface area contributed by atoms with Crippen LogP contribution in [0.15, 0.2) is 80.3 Å². The number of ether oxygens (including phenoxy) is 2. The smallest absolute Gasteiger partial charge is 0.363 e. The summed E-state index contributed by atoms with van der Waals surface area (Å²) in [4.78, 5) is 27.8. The number of esters is 1. The molecule has 34 heavy (non-hydrogen) atoms. The van der Waals surface area contributed by atoms with E-state index in [0.717, 1.165) is 0 Å². The lowest BCUT2D eigenvalue weighted by Crippen LogP contribution is -2.07. The molecule has 1 heterocycles. The Balaban J connectivity index is 1.52. The minimum Gasteiger partial charge on any atom is -0.487 e. The second-order valence-electron chi connectivity index (χ2n) is 7.33. The third-order valence-electron chi connectivity index (χ3n) is 4.67. The van der Waals surface area contributed by atoms with Gasteiger partial charge in [-0.15, -0.1) is 0 Å². The molecule has 0 spiro atoms. The van der Waals surface area contributed by atoms with Crippen molar-refractivity contribution in [2.24, 2.45) is 4.99 Å². The van der Waals surface area contributed by atoms with E-state index < -0.39 is 5.97 Å². The van der Waals surface area contributed by atoms with Gasteiger partial charge in [0.15, 0.2) is 5.70 Å². The molecule has 3 aromatic rings. The van der Waals surface area contributed by atoms with Crippen molar-refractivity contribution in [1.82, 2.24) is 0 Å². The molecule has 0 saturated carbocycles. The molecular weight excluding hydrogens is 571 g/mol. The van der Waals surface area contributed by atoms with Crippen LogP contribution in [0.2, 0.25) is 0 Å². The van der Waals surface area contributed by atoms with E-state index in [-0.39, 0.29) is 29.9 Å². The fraction of sp³-hybridized carbons (Fsp3) is 0.0800. The van der Waals surface area contributed by atoms with Crippen LogP contribution in [-0.2, 0) is 20.9 Å². The van der Waals surface area contributed by atoms with Crippen LogP contribution in [0, 0.1) is 5.82 Å². The van der Waals surface area contributed by atoms with Crippen LogP contribution in [0.4, 0.5) is 10.1 Å². The third-order valence-corrected chi connectivity index (χ3v) is 5.85. The summed E-state index contributed by atoms with van der Waals surface area (Å²) in [6.07, 6.45) is 1.60. The number of carbonyl (C=O) groups excluding carboxylic acids is 2. The molecule has 1 N–H and O–H groups in total. The molecule has 0 aromatic heterocycles. The van der Waals surface area contributed by atoms with E-state index in [2.05, 4.69) is 42.2 Å². The lowest BCUT2D eigenvalue weighted by molar-refractivity contribution is -0.129. The zero-order chi connectivity index (χ0) is 24.2. The number of amides is 1. The number of hydrogen-bond acceptors (Lipinski definition) is 5. The van der Waals surface area contributed by atoms with Crippen molar-refractivity contribution in [2.75, 3.05) is 5.32 Å². The molecule has 0 radical (unpaired) electrons. The number of hydrogen-bond donors (Lipinski definition) is 1. The maximum absolute atomic E-state index is 13.4. The molecule has 0 atom stereocenters. The number of nitrogens with one attached hydrogen (secondary N) is 1. The monoisotopic (exact) mass is 586 g/mol. The lowest BCUT2D eigenvalue weighted by Gasteiger charge is -2.11. The molecule has 3 aromatic carbocycles. The Hall–Kier alpha value is -3.30. The molecule has 0 bridgehead atoms. The Bertz CT molecular complexity index is 1310. The highest BCUT2D eigenvalue weighted by molar-refractivity contribution is 9.11. The number of nitrogens with zero attached hydrogens (tertiary/aromatic N) is 1. The van der Waals surface area contributed by atoms with Gasteiger partial charge in [-0.2, -0.15) is 0 Å². The molecule has 0 unspecified atom stereocenters. The molecule has 0 aliphatic carbocycles. The first-order valence-electron chi connectivity index (χ1n) is 10.1. The van der Waals surface area contributed by atoms with Crippen LogP contribution in [-0.4, -0.2) is 17.8 Å². The maximum Gasteiger partial charge on any atom is 0.363 e. The molecule has 1 aliphatic rings. The lowest BCUT2D eigenvalue weighted by atomic mass is 10.2. The highest BCUT2D eigenvalue weighted by Crippen LogP contribution is 2.36. The van der Waals surface area contributed by atoms with E-state index in [1.54, 1.807) is 54.6 Å². The molecule has 4 rings (SSSR count). The van der Waals surface area contributed by atoms with Gasteiger partial charge in [-0.1, -0.05) is 12.1 Å². The standard InChI is InChI=1S/C25H17Br2FN2O4/c1-14(31)29-19-7-5-17(6-8-19)24-30-22(25(32)34-24)12-16-10-20(26)23(21(27)11-16)33-13-15-3-2-4-18(28)9-15/h2-12H,13H2,1H3,(H,29,31)/b22-12-. The van der Waals surface area contributed by atoms with Gasteiger partial charge in [-0.3, -0.25) is 4.79 Å². The molecule has 6 nitrogen and oxygen atoms in total. The summed E-state index contributed by atoms with van der Waals surface area (Å²) >= 11 is 6.97. The first-order chi connectivity index (χ1) is 16.3. The SMILES string of the molecule is CC(=O)Nc1ccc(C2=N/C(=C\c3cc(Br)c(OCc4cccc(F)c4)c(Br)c3)C(=O)O2)cc1. The van der Waals surface area contributed by atoms with Crippen molar-refractivity contribution in [2.45, 2.75) is 13.5 Å². The summed E-state index contributed by atoms with van der Waals surface area (Å²) in [6, 6.07) is 16.6. The number of halogens is 3. The van der Waals surface area contributed by atoms with Crippen molar-refractivity contribution in [3.63, 3.8) is 0 Å². The summed E-state index contributed by atoms with van der Waals surface area (Å²) in [5, 5.41) is 2.67. The van der Waals surface area contributed by atoms with Gasteiger partial charge in [0.05, 0.1) is 8.95 Å². The zero-order valence-corrected chi connectivity index (χ0v) is 20.9. The quantitative estimate of drug-likeness (QED) is 0.274. The fourth-order valence-corrected chi connectivity index (χ4v) is 4.62. The van der Waals surface area contributed by atoms with E-state index in [0.29, 0.717) is 37.1 Å². The van der Waals surface area contributed by atoms with Crippen molar-refractivity contribution in [1.29, 1.82) is 0 Å². The Kier molecular flexibility index (Phi) is 7.23. The second-order valence-corrected chi connectivity index (χ2v) is 9.04. The van der Waals surface area contributed by atoms with Gasteiger partial charge in [0, 0.05) is 18.2 Å². The summed E-state index contributed by atoms with van der Waals surface area (Å²) in [6.45, 7) is 1.61. The van der Waals surface area contributed by atoms with Crippen LogP contribution in [0.25, 0.3) is 6.08 Å². The number of cyclic esters (lactones) is 1. The van der Waals surface area contributed by atoms with Crippen LogP contribution in [0.3, 0.4) is 0 Å². The Labute approximate surface area is 211 Å². The number of rotatable bonds is 6. The highest BCUT2D eigenvalue weighted by atomic mass is 79.9. The first kappa shape index (κ1) is 23.8. The molecular formula is C25H17Br2FN2O4. The Morgan fingerprint density at radius 2 is 1.82 bits per heavy atom. The third kappa shape index (κ3) is 5.78. The molecule has 1 amide bonds. The van der Waals surface area contributed by atoms with E-state index in [4.69, 9.17) is 9.47 Å². The topological polar surface area (TPSA) is 77.0 Å². The van der Waals surface area contributed by atoms with Crippen LogP contribution in [0.1, 0.15) is 23.6 Å². The highest BCUT2D eigenvalue weighted by Gasteiger charge is 2.24. The van der Waals surface area contributed by atoms with Crippen molar-refractivity contribution in [3.05, 3.63) is 97.8 Å². The van der Waals surface area contributed by atoms with Crippen molar-refractivity contribution >= 4 is 61.4 Å². The molecule has 0 saturated heterocycles. The average Bonchev–Trinajstić information content (AvgIpc) is 3.13. The molecule has 172 valence electrons. The van der Waals surface area contributed by atoms with Gasteiger partial charge in [0.2, 0.25) is 11.8 Å². The molecule has 9 heteroatoms. The van der Waals surface area contributed by atoms with Crippen LogP contribution < -0.4 is 10.1 Å². The Morgan fingerprint density at radius 3 is 2.47 bits per heavy atom. The number of benzene rings is 3. The zero-order valence-electron chi connectivity index (χ0n) is 17.8. The van der Waals surface area contributed by atoms with Crippen LogP contribution >= 0.6 is 31.9 Å². The summed E-state index contributed by atoms with van der Waals surface area (Å²) in [5.74, 6) is -0.346. The van der Waals surface area contributed by atoms with Gasteiger partial charge < -0.3 is 14.8 Å². The fourth-order valence-electron chi connectivity index (χ4n) is 3.17. The van der Waals surface area contributed by atoms with Crippen LogP contribution in [0.5, 0.6) is 5.75 Å². The summed E-state index contributed by atoms with van der Waals surface area (Å²) in [7, 11) is 0. The van der Waals surface area contributed by atoms with Gasteiger partial charge >= 0.3 is 5.97 Å². The predicted octanol–water partition coefficient (Wildman–Crippen LogP) is 6.23. The van der Waals surface area contributed by atoms with Crippen molar-refractivity contribution in [3.8, 4) is 5.75 Å². The largest absolute Gasteiger partial charge is 0.487 e. The van der Waals surface area contributed by atoms with E-state index in [1.807, 2.05) is 0 Å². The molecule has 1 aliphatic heterocycles. The van der Waals surface area contributed by atoms with E-state index in [1.165, 1.54) is 19.1 Å². The normalized spacial score (nSPS) is 14.1. The summed E-state index contributed by atoms with van der Waals surface area (Å²) < 4.78 is 25.8. The molecule has 0 fully saturated rings. The Morgan fingerprint density at radius 1 is 1.12 bits per heavy atom. The van der Waals surface area contributed by atoms with Gasteiger partial charge in [0.25, 0.3) is 0 Å². The van der Waals surface area contributed by atoms with Gasteiger partial charge in [-0.25, -0.2) is 14.2 Å².